The second kappa shape index (κ2) is 5.75. The summed E-state index contributed by atoms with van der Waals surface area (Å²) in [7, 11) is 0. The van der Waals surface area contributed by atoms with Crippen molar-refractivity contribution in [2.75, 3.05) is 0 Å². The summed E-state index contributed by atoms with van der Waals surface area (Å²) in [6.07, 6.45) is 1.10. The molecule has 0 aliphatic rings. The Kier molecular flexibility index (Phi) is 3.54. The topological polar surface area (TPSA) is 75.7 Å². The number of hydrogen-bond donors (Lipinski definition) is 1. The van der Waals surface area contributed by atoms with Crippen LogP contribution in [0.15, 0.2) is 50.6 Å². The van der Waals surface area contributed by atoms with Crippen molar-refractivity contribution in [3.05, 3.63) is 64.0 Å². The van der Waals surface area contributed by atoms with E-state index in [1.54, 1.807) is 24.3 Å². The van der Waals surface area contributed by atoms with E-state index in [4.69, 9.17) is 4.42 Å². The van der Waals surface area contributed by atoms with E-state index in [0.29, 0.717) is 10.1 Å². The van der Waals surface area contributed by atoms with Gasteiger partial charge in [0.25, 0.3) is 0 Å². The van der Waals surface area contributed by atoms with Gasteiger partial charge in [0.2, 0.25) is 5.13 Å². The Morgan fingerprint density at radius 3 is 2.88 bits per heavy atom. The Hall–Kier alpha value is -3.13. The Morgan fingerprint density at radius 2 is 2.04 bits per heavy atom. The number of fused-ring (bicyclic) bond motifs is 2. The van der Waals surface area contributed by atoms with Gasteiger partial charge in [0.15, 0.2) is 5.82 Å². The highest BCUT2D eigenvalue weighted by molar-refractivity contribution is 7.22. The van der Waals surface area contributed by atoms with Crippen molar-refractivity contribution in [1.29, 1.82) is 0 Å². The summed E-state index contributed by atoms with van der Waals surface area (Å²) in [5.74, 6) is -1.77. The number of aliphatic imine (C=N–C) groups is 1. The fraction of sp³-hybridized carbons (Fsp3) is 0. The summed E-state index contributed by atoms with van der Waals surface area (Å²) in [6, 6.07) is 8.40. The summed E-state index contributed by atoms with van der Waals surface area (Å²) < 4.78 is 32.3. The number of nitrogens with zero attached hydrogens (tertiary/aromatic N) is 2. The van der Waals surface area contributed by atoms with Crippen LogP contribution in [0.25, 0.3) is 21.2 Å². The molecule has 8 heteroatoms. The Labute approximate surface area is 142 Å². The van der Waals surface area contributed by atoms with Crippen LogP contribution >= 0.6 is 11.3 Å². The first-order valence-corrected chi connectivity index (χ1v) is 7.89. The van der Waals surface area contributed by atoms with E-state index < -0.39 is 17.3 Å². The van der Waals surface area contributed by atoms with Crippen molar-refractivity contribution in [1.82, 2.24) is 4.98 Å². The molecule has 0 saturated carbocycles. The molecule has 0 aliphatic heterocycles. The van der Waals surface area contributed by atoms with Gasteiger partial charge in [-0.2, -0.15) is 0 Å². The van der Waals surface area contributed by atoms with E-state index in [1.807, 2.05) is 0 Å². The number of halogens is 2. The van der Waals surface area contributed by atoms with Crippen molar-refractivity contribution in [3.63, 3.8) is 0 Å². The van der Waals surface area contributed by atoms with Crippen LogP contribution < -0.4 is 5.63 Å². The number of para-hydroxylation sites is 1. The third-order valence-electron chi connectivity index (χ3n) is 3.53. The first-order chi connectivity index (χ1) is 12.0. The molecule has 124 valence electrons. The van der Waals surface area contributed by atoms with E-state index in [1.165, 1.54) is 0 Å². The lowest BCUT2D eigenvalue weighted by Crippen LogP contribution is -2.06. The maximum absolute atomic E-state index is 13.7. The molecule has 0 radical (unpaired) electrons. The predicted molar refractivity (Wildman–Crippen MR) is 90.9 cm³/mol. The zero-order chi connectivity index (χ0) is 17.6. The van der Waals surface area contributed by atoms with Gasteiger partial charge in [-0.3, -0.25) is 0 Å². The van der Waals surface area contributed by atoms with Crippen LogP contribution in [0.2, 0.25) is 0 Å². The summed E-state index contributed by atoms with van der Waals surface area (Å²) in [5, 5.41) is 10.7. The van der Waals surface area contributed by atoms with Crippen LogP contribution in [0, 0.1) is 11.6 Å². The summed E-state index contributed by atoms with van der Waals surface area (Å²) >= 11 is 0.957. The second-order valence-electron chi connectivity index (χ2n) is 5.14. The van der Waals surface area contributed by atoms with E-state index in [9.17, 15) is 18.7 Å². The van der Waals surface area contributed by atoms with Crippen LogP contribution in [0.1, 0.15) is 5.56 Å². The Morgan fingerprint density at radius 1 is 1.24 bits per heavy atom. The molecule has 2 aromatic heterocycles. The van der Waals surface area contributed by atoms with Gasteiger partial charge in [-0.25, -0.2) is 23.6 Å². The van der Waals surface area contributed by atoms with Gasteiger partial charge >= 0.3 is 5.63 Å². The maximum Gasteiger partial charge on any atom is 0.348 e. The van der Waals surface area contributed by atoms with Gasteiger partial charge in [0.1, 0.15) is 28.2 Å². The van der Waals surface area contributed by atoms with Crippen LogP contribution in [0.5, 0.6) is 5.75 Å². The van der Waals surface area contributed by atoms with Crippen molar-refractivity contribution < 1.29 is 18.3 Å². The van der Waals surface area contributed by atoms with Gasteiger partial charge in [-0.05, 0) is 18.2 Å². The summed E-state index contributed by atoms with van der Waals surface area (Å²) in [4.78, 5) is 19.9. The minimum Gasteiger partial charge on any atom is -0.506 e. The molecule has 0 amide bonds. The smallest absolute Gasteiger partial charge is 0.348 e. The van der Waals surface area contributed by atoms with Crippen molar-refractivity contribution in [3.8, 4) is 5.75 Å². The number of aromatic hydroxyl groups is 1. The lowest BCUT2D eigenvalue weighted by Gasteiger charge is -2.01. The largest absolute Gasteiger partial charge is 0.506 e. The zero-order valence-corrected chi connectivity index (χ0v) is 13.2. The maximum atomic E-state index is 13.7. The normalized spacial score (nSPS) is 11.8. The van der Waals surface area contributed by atoms with Gasteiger partial charge in [-0.1, -0.05) is 23.5 Å². The number of aromatic nitrogens is 1. The molecular weight excluding hydrogens is 350 g/mol. The predicted octanol–water partition coefficient (Wildman–Crippen LogP) is 4.14. The zero-order valence-electron chi connectivity index (χ0n) is 12.4. The SMILES string of the molecule is O=c1oc2ccccc2c(O)c1C=Nc1nc2c(F)cc(F)cc2s1. The highest BCUT2D eigenvalue weighted by atomic mass is 32.1. The molecule has 0 fully saturated rings. The fourth-order valence-electron chi connectivity index (χ4n) is 2.38. The number of hydrogen-bond acceptors (Lipinski definition) is 6. The lowest BCUT2D eigenvalue weighted by molar-refractivity contribution is 0.466. The molecule has 2 aromatic carbocycles. The van der Waals surface area contributed by atoms with Crippen LogP contribution in [-0.2, 0) is 0 Å². The van der Waals surface area contributed by atoms with E-state index in [0.717, 1.165) is 29.7 Å². The first-order valence-electron chi connectivity index (χ1n) is 7.07. The van der Waals surface area contributed by atoms with Crippen LogP contribution in [-0.4, -0.2) is 16.3 Å². The molecule has 0 aliphatic carbocycles. The molecule has 0 unspecified atom stereocenters. The molecule has 0 bridgehead atoms. The average molecular weight is 358 g/mol. The average Bonchev–Trinajstić information content (AvgIpc) is 2.98. The molecule has 0 saturated heterocycles. The Bertz CT molecular complexity index is 1210. The lowest BCUT2D eigenvalue weighted by atomic mass is 10.1. The molecule has 5 nitrogen and oxygen atoms in total. The molecule has 0 atom stereocenters. The van der Waals surface area contributed by atoms with Crippen LogP contribution in [0.3, 0.4) is 0 Å². The molecule has 1 N–H and O–H groups in total. The molecule has 2 heterocycles. The Balaban J connectivity index is 1.81. The molecule has 4 rings (SSSR count). The standard InChI is InChI=1S/C17H8F2N2O3S/c18-8-5-11(19)14-13(6-8)25-17(21-14)20-7-10-15(22)9-3-1-2-4-12(9)24-16(10)23/h1-7,22H. The van der Waals surface area contributed by atoms with Crippen LogP contribution in [0.4, 0.5) is 13.9 Å². The summed E-state index contributed by atoms with van der Waals surface area (Å²) in [6.45, 7) is 0. The number of thiazole rings is 1. The number of rotatable bonds is 2. The van der Waals surface area contributed by atoms with Gasteiger partial charge in [0.05, 0.1) is 10.1 Å². The summed E-state index contributed by atoms with van der Waals surface area (Å²) in [5.41, 5.74) is -0.670. The number of benzene rings is 2. The van der Waals surface area contributed by atoms with E-state index in [-0.39, 0.29) is 27.5 Å². The first kappa shape index (κ1) is 15.4. The minimum absolute atomic E-state index is 0.00619. The van der Waals surface area contributed by atoms with Gasteiger partial charge < -0.3 is 9.52 Å². The van der Waals surface area contributed by atoms with Crippen molar-refractivity contribution in [2.45, 2.75) is 0 Å². The van der Waals surface area contributed by atoms with Gasteiger partial charge in [0, 0.05) is 12.3 Å². The fourth-order valence-corrected chi connectivity index (χ4v) is 3.23. The minimum atomic E-state index is -0.791. The highest BCUT2D eigenvalue weighted by Gasteiger charge is 2.13. The molecule has 25 heavy (non-hydrogen) atoms. The van der Waals surface area contributed by atoms with Gasteiger partial charge in [-0.15, -0.1) is 0 Å². The third-order valence-corrected chi connectivity index (χ3v) is 4.44. The third kappa shape index (κ3) is 2.66. The molecular formula is C17H8F2N2O3S. The quantitative estimate of drug-likeness (QED) is 0.432. The van der Waals surface area contributed by atoms with E-state index in [2.05, 4.69) is 9.98 Å². The molecule has 0 spiro atoms. The van der Waals surface area contributed by atoms with Crippen molar-refractivity contribution >= 4 is 43.9 Å². The molecule has 4 aromatic rings. The van der Waals surface area contributed by atoms with Crippen molar-refractivity contribution in [2.24, 2.45) is 4.99 Å². The van der Waals surface area contributed by atoms with E-state index >= 15 is 0 Å². The monoisotopic (exact) mass is 358 g/mol. The second-order valence-corrected chi connectivity index (χ2v) is 6.15. The highest BCUT2D eigenvalue weighted by Crippen LogP contribution is 2.31.